The third-order valence-electron chi connectivity index (χ3n) is 4.15. The zero-order chi connectivity index (χ0) is 13.7. The highest BCUT2D eigenvalue weighted by atomic mass is 79.9. The molecule has 0 spiro atoms. The molecule has 1 saturated carbocycles. The van der Waals surface area contributed by atoms with Gasteiger partial charge in [-0.2, -0.15) is 0 Å². The van der Waals surface area contributed by atoms with Gasteiger partial charge in [-0.1, -0.05) is 41.6 Å². The zero-order valence-electron chi connectivity index (χ0n) is 11.7. The maximum Gasteiger partial charge on any atom is 0.122 e. The lowest BCUT2D eigenvalue weighted by Crippen LogP contribution is -2.23. The van der Waals surface area contributed by atoms with Gasteiger partial charge in [-0.15, -0.1) is 0 Å². The first-order valence-electron chi connectivity index (χ1n) is 7.27. The third kappa shape index (κ3) is 4.50. The topological polar surface area (TPSA) is 35.2 Å². The van der Waals surface area contributed by atoms with E-state index in [9.17, 15) is 0 Å². The lowest BCUT2D eigenvalue weighted by atomic mass is 9.95. The van der Waals surface area contributed by atoms with Gasteiger partial charge in [0.05, 0.1) is 7.11 Å². The zero-order valence-corrected chi connectivity index (χ0v) is 13.3. The van der Waals surface area contributed by atoms with Crippen LogP contribution in [0.5, 0.6) is 5.75 Å². The molecule has 19 heavy (non-hydrogen) atoms. The minimum Gasteiger partial charge on any atom is -0.496 e. The molecule has 1 aliphatic rings. The fraction of sp³-hybridized carbons (Fsp3) is 0.625. The number of nitrogens with two attached hydrogens (primary N) is 1. The van der Waals surface area contributed by atoms with Crippen molar-refractivity contribution < 1.29 is 4.74 Å². The molecule has 0 aromatic heterocycles. The predicted molar refractivity (Wildman–Crippen MR) is 83.6 cm³/mol. The number of ether oxygens (including phenoxy) is 1. The van der Waals surface area contributed by atoms with Crippen LogP contribution in [0, 0.1) is 5.92 Å². The summed E-state index contributed by atoms with van der Waals surface area (Å²) in [5, 5.41) is 0. The van der Waals surface area contributed by atoms with E-state index in [4.69, 9.17) is 10.5 Å². The first-order chi connectivity index (χ1) is 9.19. The van der Waals surface area contributed by atoms with Crippen molar-refractivity contribution in [3.8, 4) is 5.75 Å². The van der Waals surface area contributed by atoms with Gasteiger partial charge in [-0.3, -0.25) is 0 Å². The molecule has 2 N–H and O–H groups in total. The molecule has 0 aliphatic heterocycles. The van der Waals surface area contributed by atoms with Crippen LogP contribution in [0.2, 0.25) is 0 Å². The van der Waals surface area contributed by atoms with Crippen molar-refractivity contribution in [1.29, 1.82) is 0 Å². The van der Waals surface area contributed by atoms with Crippen LogP contribution in [0.15, 0.2) is 22.7 Å². The second-order valence-corrected chi connectivity index (χ2v) is 6.56. The summed E-state index contributed by atoms with van der Waals surface area (Å²) >= 11 is 3.51. The second kappa shape index (κ2) is 7.30. The molecular formula is C16H24BrNO. The first kappa shape index (κ1) is 14.9. The SMILES string of the molecule is COc1ccc(Br)cc1CC(N)CCC1CCCC1. The maximum atomic E-state index is 6.29. The number of halogens is 1. The summed E-state index contributed by atoms with van der Waals surface area (Å²) in [6.45, 7) is 0. The Morgan fingerprint density at radius 2 is 2.11 bits per heavy atom. The molecule has 0 radical (unpaired) electrons. The highest BCUT2D eigenvalue weighted by Gasteiger charge is 2.17. The molecule has 1 fully saturated rings. The summed E-state index contributed by atoms with van der Waals surface area (Å²) in [6.07, 6.45) is 8.96. The van der Waals surface area contributed by atoms with Crippen molar-refractivity contribution in [3.05, 3.63) is 28.2 Å². The van der Waals surface area contributed by atoms with Gasteiger partial charge in [0.1, 0.15) is 5.75 Å². The van der Waals surface area contributed by atoms with Gasteiger partial charge < -0.3 is 10.5 Å². The smallest absolute Gasteiger partial charge is 0.122 e. The number of hydrogen-bond acceptors (Lipinski definition) is 2. The normalized spacial score (nSPS) is 17.6. The fourth-order valence-electron chi connectivity index (χ4n) is 3.04. The minimum absolute atomic E-state index is 0.240. The summed E-state index contributed by atoms with van der Waals surface area (Å²) in [5.41, 5.74) is 7.49. The van der Waals surface area contributed by atoms with E-state index in [1.165, 1.54) is 37.7 Å². The predicted octanol–water partition coefficient (Wildman–Crippen LogP) is 4.30. The highest BCUT2D eigenvalue weighted by molar-refractivity contribution is 9.10. The molecular weight excluding hydrogens is 302 g/mol. The molecule has 0 bridgehead atoms. The largest absolute Gasteiger partial charge is 0.496 e. The summed E-state index contributed by atoms with van der Waals surface area (Å²) in [6, 6.07) is 6.37. The van der Waals surface area contributed by atoms with E-state index < -0.39 is 0 Å². The van der Waals surface area contributed by atoms with E-state index in [1.54, 1.807) is 7.11 Å². The van der Waals surface area contributed by atoms with E-state index in [-0.39, 0.29) is 6.04 Å². The van der Waals surface area contributed by atoms with Crippen LogP contribution >= 0.6 is 15.9 Å². The Hall–Kier alpha value is -0.540. The Bertz CT molecular complexity index is 402. The molecule has 0 saturated heterocycles. The van der Waals surface area contributed by atoms with E-state index in [2.05, 4.69) is 22.0 Å². The Morgan fingerprint density at radius 1 is 1.37 bits per heavy atom. The Kier molecular flexibility index (Phi) is 5.71. The van der Waals surface area contributed by atoms with Crippen molar-refractivity contribution in [3.63, 3.8) is 0 Å². The number of rotatable bonds is 6. The van der Waals surface area contributed by atoms with Crippen molar-refractivity contribution >= 4 is 15.9 Å². The van der Waals surface area contributed by atoms with E-state index in [1.807, 2.05) is 12.1 Å². The van der Waals surface area contributed by atoms with Gasteiger partial charge in [0.2, 0.25) is 0 Å². The summed E-state index contributed by atoms with van der Waals surface area (Å²) in [4.78, 5) is 0. The molecule has 0 amide bonds. The summed E-state index contributed by atoms with van der Waals surface area (Å²) in [7, 11) is 1.72. The van der Waals surface area contributed by atoms with E-state index in [0.29, 0.717) is 0 Å². The molecule has 0 heterocycles. The number of benzene rings is 1. The van der Waals surface area contributed by atoms with Gasteiger partial charge in [-0.25, -0.2) is 0 Å². The van der Waals surface area contributed by atoms with Crippen LogP contribution < -0.4 is 10.5 Å². The van der Waals surface area contributed by atoms with Crippen LogP contribution in [0.1, 0.15) is 44.1 Å². The molecule has 2 nitrogen and oxygen atoms in total. The van der Waals surface area contributed by atoms with Crippen LogP contribution in [-0.4, -0.2) is 13.2 Å². The van der Waals surface area contributed by atoms with Crippen molar-refractivity contribution in [1.82, 2.24) is 0 Å². The van der Waals surface area contributed by atoms with Crippen molar-refractivity contribution in [2.24, 2.45) is 11.7 Å². The molecule has 1 aromatic rings. The first-order valence-corrected chi connectivity index (χ1v) is 8.06. The van der Waals surface area contributed by atoms with Crippen LogP contribution in [0.4, 0.5) is 0 Å². The van der Waals surface area contributed by atoms with Gasteiger partial charge in [0, 0.05) is 10.5 Å². The average molecular weight is 326 g/mol. The summed E-state index contributed by atoms with van der Waals surface area (Å²) in [5.74, 6) is 1.87. The standard InChI is InChI=1S/C16H24BrNO/c1-19-16-9-7-14(17)10-13(16)11-15(18)8-6-12-4-2-3-5-12/h7,9-10,12,15H,2-6,8,11,18H2,1H3. The molecule has 1 atom stereocenters. The molecule has 1 aromatic carbocycles. The van der Waals surface area contributed by atoms with Crippen molar-refractivity contribution in [2.75, 3.05) is 7.11 Å². The molecule has 1 unspecified atom stereocenters. The Labute approximate surface area is 124 Å². The lowest BCUT2D eigenvalue weighted by molar-refractivity contribution is 0.403. The van der Waals surface area contributed by atoms with Gasteiger partial charge in [-0.05, 0) is 48.9 Å². The maximum absolute atomic E-state index is 6.29. The van der Waals surface area contributed by atoms with Crippen LogP contribution in [-0.2, 0) is 6.42 Å². The van der Waals surface area contributed by atoms with E-state index >= 15 is 0 Å². The molecule has 1 aliphatic carbocycles. The highest BCUT2D eigenvalue weighted by Crippen LogP contribution is 2.30. The van der Waals surface area contributed by atoms with Gasteiger partial charge in [0.15, 0.2) is 0 Å². The summed E-state index contributed by atoms with van der Waals surface area (Å²) < 4.78 is 6.49. The van der Waals surface area contributed by atoms with E-state index in [0.717, 1.165) is 29.0 Å². The Morgan fingerprint density at radius 3 is 2.79 bits per heavy atom. The quantitative estimate of drug-likeness (QED) is 0.846. The number of methoxy groups -OCH3 is 1. The van der Waals surface area contributed by atoms with Crippen LogP contribution in [0.25, 0.3) is 0 Å². The Balaban J connectivity index is 1.86. The monoisotopic (exact) mass is 325 g/mol. The average Bonchev–Trinajstić information content (AvgIpc) is 2.90. The fourth-order valence-corrected chi connectivity index (χ4v) is 3.45. The second-order valence-electron chi connectivity index (χ2n) is 5.65. The van der Waals surface area contributed by atoms with Gasteiger partial charge >= 0.3 is 0 Å². The third-order valence-corrected chi connectivity index (χ3v) is 4.64. The molecule has 2 rings (SSSR count). The molecule has 3 heteroatoms. The molecule has 106 valence electrons. The minimum atomic E-state index is 0.240. The van der Waals surface area contributed by atoms with Crippen molar-refractivity contribution in [2.45, 2.75) is 51.0 Å². The number of hydrogen-bond donors (Lipinski definition) is 1. The van der Waals surface area contributed by atoms with Gasteiger partial charge in [0.25, 0.3) is 0 Å². The van der Waals surface area contributed by atoms with Crippen LogP contribution in [0.3, 0.4) is 0 Å². The lowest BCUT2D eigenvalue weighted by Gasteiger charge is -2.16.